The number of hydrogen-bond acceptors (Lipinski definition) is 1. The van der Waals surface area contributed by atoms with Gasteiger partial charge in [-0.1, -0.05) is 60.1 Å². The van der Waals surface area contributed by atoms with E-state index in [1.54, 1.807) is 0 Å². The number of rotatable bonds is 4. The lowest BCUT2D eigenvalue weighted by molar-refractivity contribution is 0.575. The van der Waals surface area contributed by atoms with Crippen molar-refractivity contribution in [3.63, 3.8) is 0 Å². The Morgan fingerprint density at radius 1 is 1.00 bits per heavy atom. The molecule has 0 amide bonds. The zero-order chi connectivity index (χ0) is 12.1. The van der Waals surface area contributed by atoms with Crippen LogP contribution in [0.4, 0.5) is 0 Å². The Hall–Kier alpha value is -1.31. The maximum atomic E-state index is 6.11. The van der Waals surface area contributed by atoms with Crippen molar-refractivity contribution in [2.45, 2.75) is 19.5 Å². The van der Waals surface area contributed by atoms with Crippen LogP contribution in [0.1, 0.15) is 24.1 Å². The van der Waals surface area contributed by atoms with E-state index in [9.17, 15) is 0 Å². The Morgan fingerprint density at radius 2 is 1.65 bits per heavy atom. The van der Waals surface area contributed by atoms with E-state index < -0.39 is 0 Å². The van der Waals surface area contributed by atoms with Crippen molar-refractivity contribution in [3.8, 4) is 0 Å². The first-order valence-electron chi connectivity index (χ1n) is 5.79. The minimum atomic E-state index is 0.326. The highest BCUT2D eigenvalue weighted by Gasteiger charge is 2.05. The van der Waals surface area contributed by atoms with Crippen LogP contribution in [0.5, 0.6) is 0 Å². The van der Waals surface area contributed by atoms with E-state index in [1.807, 2.05) is 30.3 Å². The second kappa shape index (κ2) is 5.85. The Labute approximate surface area is 107 Å². The molecule has 0 spiro atoms. The summed E-state index contributed by atoms with van der Waals surface area (Å²) in [5.74, 6) is 0. The lowest BCUT2D eigenvalue weighted by Crippen LogP contribution is -2.18. The first-order chi connectivity index (χ1) is 8.27. The molecule has 0 heterocycles. The summed E-state index contributed by atoms with van der Waals surface area (Å²) in [6.45, 7) is 2.95. The third-order valence-electron chi connectivity index (χ3n) is 2.86. The fourth-order valence-electron chi connectivity index (χ4n) is 1.76. The molecule has 17 heavy (non-hydrogen) atoms. The van der Waals surface area contributed by atoms with Gasteiger partial charge >= 0.3 is 0 Å². The number of benzene rings is 2. The van der Waals surface area contributed by atoms with Crippen molar-refractivity contribution in [2.24, 2.45) is 0 Å². The smallest absolute Gasteiger partial charge is 0.0450 e. The molecule has 2 aromatic carbocycles. The maximum absolute atomic E-state index is 6.11. The summed E-state index contributed by atoms with van der Waals surface area (Å²) >= 11 is 6.11. The monoisotopic (exact) mass is 245 g/mol. The van der Waals surface area contributed by atoms with E-state index in [2.05, 4.69) is 36.5 Å². The van der Waals surface area contributed by atoms with Crippen molar-refractivity contribution in [2.75, 3.05) is 0 Å². The second-order valence-corrected chi connectivity index (χ2v) is 4.51. The van der Waals surface area contributed by atoms with Gasteiger partial charge in [-0.15, -0.1) is 0 Å². The molecule has 0 fully saturated rings. The third-order valence-corrected chi connectivity index (χ3v) is 3.22. The largest absolute Gasteiger partial charge is 0.306 e. The van der Waals surface area contributed by atoms with Crippen LogP contribution in [0.3, 0.4) is 0 Å². The molecule has 88 valence electrons. The topological polar surface area (TPSA) is 12.0 Å². The molecule has 0 aliphatic heterocycles. The Morgan fingerprint density at radius 3 is 2.35 bits per heavy atom. The van der Waals surface area contributed by atoms with Gasteiger partial charge in [0.15, 0.2) is 0 Å². The van der Waals surface area contributed by atoms with E-state index in [4.69, 9.17) is 11.6 Å². The summed E-state index contributed by atoms with van der Waals surface area (Å²) in [5.41, 5.74) is 2.43. The minimum Gasteiger partial charge on any atom is -0.306 e. The van der Waals surface area contributed by atoms with E-state index in [1.165, 1.54) is 5.56 Å². The molecular formula is C15H16ClN. The molecule has 0 aliphatic rings. The molecule has 1 nitrogen and oxygen atoms in total. The summed E-state index contributed by atoms with van der Waals surface area (Å²) in [6, 6.07) is 18.7. The van der Waals surface area contributed by atoms with Gasteiger partial charge in [0.05, 0.1) is 0 Å². The highest BCUT2D eigenvalue weighted by atomic mass is 35.5. The van der Waals surface area contributed by atoms with Crippen LogP contribution in [-0.2, 0) is 6.54 Å². The highest BCUT2D eigenvalue weighted by Crippen LogP contribution is 2.17. The fraction of sp³-hybridized carbons (Fsp3) is 0.200. The van der Waals surface area contributed by atoms with Gasteiger partial charge in [-0.3, -0.25) is 0 Å². The van der Waals surface area contributed by atoms with Gasteiger partial charge < -0.3 is 5.32 Å². The summed E-state index contributed by atoms with van der Waals surface area (Å²) in [7, 11) is 0. The van der Waals surface area contributed by atoms with Crippen LogP contribution in [0.2, 0.25) is 5.02 Å². The van der Waals surface area contributed by atoms with E-state index in [0.29, 0.717) is 6.04 Å². The first kappa shape index (κ1) is 12.2. The SMILES string of the molecule is C[C@H](NCc1ccccc1Cl)c1ccccc1. The molecule has 2 heteroatoms. The van der Waals surface area contributed by atoms with E-state index in [0.717, 1.165) is 17.1 Å². The molecule has 0 aliphatic carbocycles. The molecule has 0 bridgehead atoms. The third kappa shape index (κ3) is 3.32. The molecule has 0 unspecified atom stereocenters. The first-order valence-corrected chi connectivity index (χ1v) is 6.17. The zero-order valence-electron chi connectivity index (χ0n) is 9.86. The van der Waals surface area contributed by atoms with Crippen molar-refractivity contribution in [3.05, 3.63) is 70.7 Å². The quantitative estimate of drug-likeness (QED) is 0.852. The highest BCUT2D eigenvalue weighted by molar-refractivity contribution is 6.31. The summed E-state index contributed by atoms with van der Waals surface area (Å²) in [4.78, 5) is 0. The average Bonchev–Trinajstić information content (AvgIpc) is 2.38. The van der Waals surface area contributed by atoms with Crippen LogP contribution in [0, 0.1) is 0 Å². The summed E-state index contributed by atoms with van der Waals surface area (Å²) in [5, 5.41) is 4.29. The molecule has 2 rings (SSSR count). The van der Waals surface area contributed by atoms with Crippen LogP contribution in [0.15, 0.2) is 54.6 Å². The number of nitrogens with one attached hydrogen (secondary N) is 1. The predicted octanol–water partition coefficient (Wildman–Crippen LogP) is 4.19. The van der Waals surface area contributed by atoms with Gasteiger partial charge in [0.2, 0.25) is 0 Å². The maximum Gasteiger partial charge on any atom is 0.0450 e. The van der Waals surface area contributed by atoms with Gasteiger partial charge in [-0.05, 0) is 24.1 Å². The van der Waals surface area contributed by atoms with Gasteiger partial charge in [-0.25, -0.2) is 0 Å². The van der Waals surface area contributed by atoms with Gasteiger partial charge in [0.1, 0.15) is 0 Å². The van der Waals surface area contributed by atoms with E-state index >= 15 is 0 Å². The van der Waals surface area contributed by atoms with Crippen LogP contribution in [0.25, 0.3) is 0 Å². The summed E-state index contributed by atoms with van der Waals surface area (Å²) < 4.78 is 0. The Balaban J connectivity index is 1.97. The van der Waals surface area contributed by atoms with Crippen LogP contribution < -0.4 is 5.32 Å². The average molecular weight is 246 g/mol. The van der Waals surface area contributed by atoms with E-state index in [-0.39, 0.29) is 0 Å². The number of halogens is 1. The molecule has 0 radical (unpaired) electrons. The Bertz CT molecular complexity index is 467. The minimum absolute atomic E-state index is 0.326. The standard InChI is InChI=1S/C15H16ClN/c1-12(13-7-3-2-4-8-13)17-11-14-9-5-6-10-15(14)16/h2-10,12,17H,11H2,1H3/t12-/m0/s1. The predicted molar refractivity (Wildman–Crippen MR) is 73.1 cm³/mol. The van der Waals surface area contributed by atoms with Crippen molar-refractivity contribution in [1.29, 1.82) is 0 Å². The van der Waals surface area contributed by atoms with Crippen LogP contribution in [-0.4, -0.2) is 0 Å². The van der Waals surface area contributed by atoms with Gasteiger partial charge in [-0.2, -0.15) is 0 Å². The molecule has 1 N–H and O–H groups in total. The zero-order valence-corrected chi connectivity index (χ0v) is 10.6. The lowest BCUT2D eigenvalue weighted by Gasteiger charge is -2.14. The van der Waals surface area contributed by atoms with Crippen LogP contribution >= 0.6 is 11.6 Å². The normalized spacial score (nSPS) is 12.4. The molecule has 1 atom stereocenters. The fourth-order valence-corrected chi connectivity index (χ4v) is 1.97. The lowest BCUT2D eigenvalue weighted by atomic mass is 10.1. The van der Waals surface area contributed by atoms with Crippen molar-refractivity contribution in [1.82, 2.24) is 5.32 Å². The van der Waals surface area contributed by atoms with Crippen molar-refractivity contribution >= 4 is 11.6 Å². The molecular weight excluding hydrogens is 230 g/mol. The molecule has 2 aromatic rings. The van der Waals surface area contributed by atoms with Gasteiger partial charge in [0.25, 0.3) is 0 Å². The second-order valence-electron chi connectivity index (χ2n) is 4.10. The Kier molecular flexibility index (Phi) is 4.18. The summed E-state index contributed by atoms with van der Waals surface area (Å²) in [6.07, 6.45) is 0. The number of hydrogen-bond donors (Lipinski definition) is 1. The van der Waals surface area contributed by atoms with Crippen molar-refractivity contribution < 1.29 is 0 Å². The van der Waals surface area contributed by atoms with Gasteiger partial charge in [0, 0.05) is 17.6 Å². The molecule has 0 saturated carbocycles. The molecule has 0 saturated heterocycles. The molecule has 0 aromatic heterocycles.